The molecule has 6 heteroatoms. The standard InChI is InChI=1S/C24H23ClN2O2S/c1-24(2,3)15-7-8-17-18(13-26)23(30-21(17)12-15)27-22(28)20-10-9-19(29-20)14-5-4-6-16(25)11-14/h4-6,9-11,15H,7-8,12H2,1-3H3,(H,27,28)/t15-/m1/s1. The van der Waals surface area contributed by atoms with Gasteiger partial charge in [0.15, 0.2) is 5.76 Å². The van der Waals surface area contributed by atoms with Gasteiger partial charge in [-0.2, -0.15) is 5.26 Å². The zero-order valence-electron chi connectivity index (χ0n) is 17.2. The van der Waals surface area contributed by atoms with Gasteiger partial charge in [0.2, 0.25) is 0 Å². The van der Waals surface area contributed by atoms with E-state index in [0.717, 1.165) is 30.4 Å². The number of halogens is 1. The smallest absolute Gasteiger partial charge is 0.292 e. The number of furan rings is 1. The SMILES string of the molecule is CC(C)(C)[C@@H]1CCc2c(sc(NC(=O)c3ccc(-c4cccc(Cl)c4)o3)c2C#N)C1. The molecule has 1 atom stereocenters. The van der Waals surface area contributed by atoms with Crippen molar-refractivity contribution in [2.45, 2.75) is 40.0 Å². The van der Waals surface area contributed by atoms with E-state index in [9.17, 15) is 10.1 Å². The van der Waals surface area contributed by atoms with Gasteiger partial charge in [-0.3, -0.25) is 4.79 Å². The second kappa shape index (κ2) is 7.94. The highest BCUT2D eigenvalue weighted by Crippen LogP contribution is 2.44. The summed E-state index contributed by atoms with van der Waals surface area (Å²) in [7, 11) is 0. The molecule has 0 fully saturated rings. The minimum absolute atomic E-state index is 0.202. The highest BCUT2D eigenvalue weighted by Gasteiger charge is 2.32. The zero-order valence-corrected chi connectivity index (χ0v) is 18.8. The van der Waals surface area contributed by atoms with Gasteiger partial charge in [-0.15, -0.1) is 11.3 Å². The topological polar surface area (TPSA) is 66.0 Å². The van der Waals surface area contributed by atoms with Gasteiger partial charge in [-0.05, 0) is 60.4 Å². The lowest BCUT2D eigenvalue weighted by atomic mass is 9.72. The zero-order chi connectivity index (χ0) is 21.5. The van der Waals surface area contributed by atoms with Gasteiger partial charge < -0.3 is 9.73 Å². The highest BCUT2D eigenvalue weighted by atomic mass is 35.5. The van der Waals surface area contributed by atoms with E-state index in [0.29, 0.717) is 27.3 Å². The summed E-state index contributed by atoms with van der Waals surface area (Å²) in [6, 6.07) is 13.0. The van der Waals surface area contributed by atoms with Gasteiger partial charge in [0.25, 0.3) is 5.91 Å². The molecule has 1 amide bonds. The number of nitriles is 1. The highest BCUT2D eigenvalue weighted by molar-refractivity contribution is 7.16. The summed E-state index contributed by atoms with van der Waals surface area (Å²) >= 11 is 7.56. The van der Waals surface area contributed by atoms with Gasteiger partial charge in [0, 0.05) is 15.5 Å². The number of amides is 1. The molecule has 0 unspecified atom stereocenters. The van der Waals surface area contributed by atoms with Gasteiger partial charge in [-0.25, -0.2) is 0 Å². The number of benzene rings is 1. The van der Waals surface area contributed by atoms with Gasteiger partial charge in [0.05, 0.1) is 5.56 Å². The van der Waals surface area contributed by atoms with Crippen molar-refractivity contribution >= 4 is 33.8 Å². The van der Waals surface area contributed by atoms with E-state index in [1.807, 2.05) is 12.1 Å². The molecular weight excluding hydrogens is 416 g/mol. The van der Waals surface area contributed by atoms with Crippen LogP contribution in [0.15, 0.2) is 40.8 Å². The summed E-state index contributed by atoms with van der Waals surface area (Å²) in [6.07, 6.45) is 2.90. The molecule has 3 aromatic rings. The molecule has 2 aromatic heterocycles. The first kappa shape index (κ1) is 20.7. The maximum absolute atomic E-state index is 12.8. The maximum atomic E-state index is 12.8. The number of thiophene rings is 1. The summed E-state index contributed by atoms with van der Waals surface area (Å²) in [6.45, 7) is 6.79. The molecule has 154 valence electrons. The lowest BCUT2D eigenvalue weighted by Crippen LogP contribution is -2.26. The van der Waals surface area contributed by atoms with Crippen LogP contribution >= 0.6 is 22.9 Å². The summed E-state index contributed by atoms with van der Waals surface area (Å²) in [5.41, 5.74) is 2.72. The monoisotopic (exact) mass is 438 g/mol. The molecule has 1 N–H and O–H groups in total. The van der Waals surface area contributed by atoms with Crippen LogP contribution in [0.2, 0.25) is 5.02 Å². The average Bonchev–Trinajstić information content (AvgIpc) is 3.31. The van der Waals surface area contributed by atoms with Crippen LogP contribution in [-0.2, 0) is 12.8 Å². The van der Waals surface area contributed by atoms with E-state index < -0.39 is 0 Å². The van der Waals surface area contributed by atoms with E-state index >= 15 is 0 Å². The molecule has 1 aliphatic carbocycles. The van der Waals surface area contributed by atoms with Crippen molar-refractivity contribution in [3.05, 3.63) is 63.2 Å². The number of hydrogen-bond acceptors (Lipinski definition) is 4. The minimum atomic E-state index is -0.356. The third-order valence-corrected chi connectivity index (χ3v) is 7.17. The lowest BCUT2D eigenvalue weighted by Gasteiger charge is -2.33. The molecule has 0 spiro atoms. The fourth-order valence-electron chi connectivity index (χ4n) is 3.95. The van der Waals surface area contributed by atoms with Crippen LogP contribution in [0.5, 0.6) is 0 Å². The summed E-state index contributed by atoms with van der Waals surface area (Å²) in [5.74, 6) is 0.990. The van der Waals surface area contributed by atoms with Crippen molar-refractivity contribution in [1.82, 2.24) is 0 Å². The van der Waals surface area contributed by atoms with Crippen LogP contribution in [0, 0.1) is 22.7 Å². The molecule has 4 rings (SSSR count). The number of fused-ring (bicyclic) bond motifs is 1. The van der Waals surface area contributed by atoms with Crippen molar-refractivity contribution < 1.29 is 9.21 Å². The first-order chi connectivity index (χ1) is 14.3. The van der Waals surface area contributed by atoms with Crippen molar-refractivity contribution in [2.24, 2.45) is 11.3 Å². The van der Waals surface area contributed by atoms with E-state index in [1.165, 1.54) is 16.2 Å². The Hall–Kier alpha value is -2.55. The second-order valence-corrected chi connectivity index (χ2v) is 10.3. The van der Waals surface area contributed by atoms with Crippen LogP contribution in [0.3, 0.4) is 0 Å². The Labute approximate surface area is 185 Å². The number of hydrogen-bond donors (Lipinski definition) is 1. The van der Waals surface area contributed by atoms with Crippen LogP contribution in [0.4, 0.5) is 5.00 Å². The Morgan fingerprint density at radius 3 is 2.80 bits per heavy atom. The van der Waals surface area contributed by atoms with Crippen LogP contribution in [0.25, 0.3) is 11.3 Å². The van der Waals surface area contributed by atoms with Gasteiger partial charge in [0.1, 0.15) is 16.8 Å². The third-order valence-electron chi connectivity index (χ3n) is 5.77. The first-order valence-electron chi connectivity index (χ1n) is 9.98. The number of anilines is 1. The summed E-state index contributed by atoms with van der Waals surface area (Å²) < 4.78 is 5.75. The Balaban J connectivity index is 1.56. The van der Waals surface area contributed by atoms with Crippen LogP contribution < -0.4 is 5.32 Å². The quantitative estimate of drug-likeness (QED) is 0.481. The third kappa shape index (κ3) is 4.03. The van der Waals surface area contributed by atoms with E-state index in [-0.39, 0.29) is 17.1 Å². The molecule has 0 bridgehead atoms. The summed E-state index contributed by atoms with van der Waals surface area (Å²) in [5, 5.41) is 13.8. The van der Waals surface area contributed by atoms with Crippen molar-refractivity contribution in [3.8, 4) is 17.4 Å². The largest absolute Gasteiger partial charge is 0.451 e. The van der Waals surface area contributed by atoms with Crippen molar-refractivity contribution in [3.63, 3.8) is 0 Å². The predicted octanol–water partition coefficient (Wildman–Crippen LogP) is 6.94. The number of nitrogens with zero attached hydrogens (tertiary/aromatic N) is 1. The van der Waals surface area contributed by atoms with Gasteiger partial charge in [-0.1, -0.05) is 44.5 Å². The number of carbonyl (C=O) groups excluding carboxylic acids is 1. The van der Waals surface area contributed by atoms with Crippen molar-refractivity contribution in [1.29, 1.82) is 5.26 Å². The average molecular weight is 439 g/mol. The fraction of sp³-hybridized carbons (Fsp3) is 0.333. The molecule has 0 saturated heterocycles. The predicted molar refractivity (Wildman–Crippen MR) is 121 cm³/mol. The molecular formula is C24H23ClN2O2S. The Morgan fingerprint density at radius 1 is 1.30 bits per heavy atom. The molecule has 4 nitrogen and oxygen atoms in total. The summed E-state index contributed by atoms with van der Waals surface area (Å²) in [4.78, 5) is 14.0. The number of carbonyl (C=O) groups is 1. The molecule has 1 aliphatic rings. The molecule has 0 aliphatic heterocycles. The van der Waals surface area contributed by atoms with Crippen LogP contribution in [0.1, 0.15) is 53.8 Å². The van der Waals surface area contributed by atoms with E-state index in [2.05, 4.69) is 32.2 Å². The molecule has 0 saturated carbocycles. The fourth-order valence-corrected chi connectivity index (χ4v) is 5.42. The van der Waals surface area contributed by atoms with Crippen molar-refractivity contribution in [2.75, 3.05) is 5.32 Å². The van der Waals surface area contributed by atoms with E-state index in [1.54, 1.807) is 24.3 Å². The normalized spacial score (nSPS) is 16.0. The first-order valence-corrected chi connectivity index (χ1v) is 11.2. The molecule has 0 radical (unpaired) electrons. The Morgan fingerprint density at radius 2 is 2.10 bits per heavy atom. The molecule has 1 aromatic carbocycles. The Kier molecular flexibility index (Phi) is 5.48. The van der Waals surface area contributed by atoms with Gasteiger partial charge >= 0.3 is 0 Å². The molecule has 2 heterocycles. The second-order valence-electron chi connectivity index (χ2n) is 8.75. The maximum Gasteiger partial charge on any atom is 0.292 e. The lowest BCUT2D eigenvalue weighted by molar-refractivity contribution is 0.0998. The Bertz CT molecular complexity index is 1150. The number of nitrogens with one attached hydrogen (secondary N) is 1. The minimum Gasteiger partial charge on any atom is -0.451 e. The molecule has 30 heavy (non-hydrogen) atoms. The van der Waals surface area contributed by atoms with Crippen LogP contribution in [-0.4, -0.2) is 5.91 Å². The van der Waals surface area contributed by atoms with E-state index in [4.69, 9.17) is 16.0 Å². The number of rotatable bonds is 3.